The molecule has 0 atom stereocenters. The maximum Gasteiger partial charge on any atom is 0.262 e. The van der Waals surface area contributed by atoms with Gasteiger partial charge < -0.3 is 0 Å². The average Bonchev–Trinajstić information content (AvgIpc) is 1.98. The SMILES string of the molecule is Cc1ccc(S(=O)(=O)Cl)c(I)c1Br. The maximum absolute atomic E-state index is 11.1. The van der Waals surface area contributed by atoms with Crippen molar-refractivity contribution in [2.45, 2.75) is 11.8 Å². The van der Waals surface area contributed by atoms with Gasteiger partial charge in [-0.2, -0.15) is 0 Å². The van der Waals surface area contributed by atoms with Crippen LogP contribution in [0.4, 0.5) is 0 Å². The van der Waals surface area contributed by atoms with Gasteiger partial charge in [-0.1, -0.05) is 6.07 Å². The highest BCUT2D eigenvalue weighted by Crippen LogP contribution is 2.30. The van der Waals surface area contributed by atoms with E-state index >= 15 is 0 Å². The molecule has 0 saturated heterocycles. The molecule has 0 aliphatic heterocycles. The molecule has 0 saturated carbocycles. The van der Waals surface area contributed by atoms with Gasteiger partial charge in [-0.3, -0.25) is 0 Å². The van der Waals surface area contributed by atoms with E-state index < -0.39 is 9.05 Å². The summed E-state index contributed by atoms with van der Waals surface area (Å²) in [6, 6.07) is 3.21. The molecule has 2 nitrogen and oxygen atoms in total. The molecule has 0 N–H and O–H groups in total. The first-order valence-corrected chi connectivity index (χ1v) is 7.41. The van der Waals surface area contributed by atoms with Gasteiger partial charge in [0.2, 0.25) is 0 Å². The quantitative estimate of drug-likeness (QED) is 0.540. The van der Waals surface area contributed by atoms with Crippen LogP contribution in [0.5, 0.6) is 0 Å². The van der Waals surface area contributed by atoms with Crippen LogP contribution in [-0.2, 0) is 9.05 Å². The Morgan fingerprint density at radius 1 is 1.46 bits per heavy atom. The highest BCUT2D eigenvalue weighted by Gasteiger charge is 2.16. The molecule has 0 aliphatic rings. The first kappa shape index (κ1) is 11.7. The smallest absolute Gasteiger partial charge is 0.207 e. The Morgan fingerprint density at radius 2 is 2.00 bits per heavy atom. The molecule has 0 bridgehead atoms. The second-order valence-electron chi connectivity index (χ2n) is 2.45. The first-order valence-electron chi connectivity index (χ1n) is 3.23. The van der Waals surface area contributed by atoms with Crippen LogP contribution in [0.25, 0.3) is 0 Å². The van der Waals surface area contributed by atoms with E-state index in [-0.39, 0.29) is 4.90 Å². The van der Waals surface area contributed by atoms with E-state index in [0.29, 0.717) is 3.57 Å². The van der Waals surface area contributed by atoms with Crippen molar-refractivity contribution in [1.82, 2.24) is 0 Å². The molecule has 0 radical (unpaired) electrons. The van der Waals surface area contributed by atoms with E-state index in [1.54, 1.807) is 6.07 Å². The molecule has 1 aromatic carbocycles. The summed E-state index contributed by atoms with van der Waals surface area (Å²) in [5, 5.41) is 0. The summed E-state index contributed by atoms with van der Waals surface area (Å²) in [6.07, 6.45) is 0. The lowest BCUT2D eigenvalue weighted by atomic mass is 10.2. The molecule has 6 heteroatoms. The van der Waals surface area contributed by atoms with Gasteiger partial charge in [-0.25, -0.2) is 8.42 Å². The molecule has 1 rings (SSSR count). The third kappa shape index (κ3) is 2.57. The maximum atomic E-state index is 11.1. The average molecular weight is 395 g/mol. The predicted octanol–water partition coefficient (Wildman–Crippen LogP) is 3.29. The van der Waals surface area contributed by atoms with E-state index in [9.17, 15) is 8.42 Å². The summed E-state index contributed by atoms with van der Waals surface area (Å²) in [7, 11) is 1.60. The highest BCUT2D eigenvalue weighted by atomic mass is 127. The molecule has 13 heavy (non-hydrogen) atoms. The van der Waals surface area contributed by atoms with Gasteiger partial charge in [0.25, 0.3) is 9.05 Å². The Morgan fingerprint density at radius 3 is 2.46 bits per heavy atom. The fourth-order valence-corrected chi connectivity index (χ4v) is 4.09. The lowest BCUT2D eigenvalue weighted by Gasteiger charge is -2.04. The van der Waals surface area contributed by atoms with Crippen molar-refractivity contribution in [3.63, 3.8) is 0 Å². The largest absolute Gasteiger partial charge is 0.262 e. The molecule has 0 amide bonds. The number of aryl methyl sites for hydroxylation is 1. The molecule has 0 unspecified atom stereocenters. The van der Waals surface area contributed by atoms with Gasteiger partial charge in [0.05, 0.1) is 4.90 Å². The number of hydrogen-bond acceptors (Lipinski definition) is 2. The van der Waals surface area contributed by atoms with Crippen LogP contribution < -0.4 is 0 Å². The zero-order valence-electron chi connectivity index (χ0n) is 6.51. The van der Waals surface area contributed by atoms with E-state index in [2.05, 4.69) is 15.9 Å². The number of rotatable bonds is 1. The summed E-state index contributed by atoms with van der Waals surface area (Å²) in [5.74, 6) is 0. The van der Waals surface area contributed by atoms with Crippen LogP contribution in [0.1, 0.15) is 5.56 Å². The fourth-order valence-electron chi connectivity index (χ4n) is 0.817. The van der Waals surface area contributed by atoms with Crippen molar-refractivity contribution >= 4 is 58.3 Å². The van der Waals surface area contributed by atoms with Gasteiger partial charge in [0.15, 0.2) is 0 Å². The Bertz CT molecular complexity index is 444. The molecular formula is C7H5BrClIO2S. The van der Waals surface area contributed by atoms with Crippen LogP contribution in [0.3, 0.4) is 0 Å². The summed E-state index contributed by atoms with van der Waals surface area (Å²) in [4.78, 5) is 0.146. The zero-order valence-corrected chi connectivity index (χ0v) is 11.8. The second-order valence-corrected chi connectivity index (χ2v) is 6.85. The molecule has 72 valence electrons. The minimum Gasteiger partial charge on any atom is -0.207 e. The fraction of sp³-hybridized carbons (Fsp3) is 0.143. The van der Waals surface area contributed by atoms with E-state index in [1.165, 1.54) is 6.07 Å². The Hall–Kier alpha value is 0.670. The predicted molar refractivity (Wildman–Crippen MR) is 64.6 cm³/mol. The van der Waals surface area contributed by atoms with Crippen LogP contribution >= 0.6 is 49.2 Å². The minimum atomic E-state index is -3.64. The van der Waals surface area contributed by atoms with Crippen LogP contribution in [-0.4, -0.2) is 8.42 Å². The lowest BCUT2D eigenvalue weighted by molar-refractivity contribution is 0.609. The van der Waals surface area contributed by atoms with Gasteiger partial charge in [-0.05, 0) is 57.1 Å². The minimum absolute atomic E-state index is 0.146. The van der Waals surface area contributed by atoms with E-state index in [4.69, 9.17) is 10.7 Å². The molecule has 0 spiro atoms. The molecular weight excluding hydrogens is 390 g/mol. The topological polar surface area (TPSA) is 34.1 Å². The number of halogens is 3. The third-order valence-electron chi connectivity index (χ3n) is 1.50. The summed E-state index contributed by atoms with van der Waals surface area (Å²) in [5.41, 5.74) is 0.980. The van der Waals surface area contributed by atoms with E-state index in [0.717, 1.165) is 10.0 Å². The monoisotopic (exact) mass is 394 g/mol. The van der Waals surface area contributed by atoms with Crippen molar-refractivity contribution in [1.29, 1.82) is 0 Å². The van der Waals surface area contributed by atoms with Gasteiger partial charge >= 0.3 is 0 Å². The zero-order chi connectivity index (χ0) is 10.2. The standard InChI is InChI=1S/C7H5BrClIO2S/c1-4-2-3-5(13(9,11)12)7(10)6(4)8/h2-3H,1H3. The molecule has 0 fully saturated rings. The number of benzene rings is 1. The lowest BCUT2D eigenvalue weighted by Crippen LogP contribution is -1.96. The summed E-state index contributed by atoms with van der Waals surface area (Å²) < 4.78 is 23.5. The molecule has 1 aromatic rings. The van der Waals surface area contributed by atoms with E-state index in [1.807, 2.05) is 29.5 Å². The Balaban J connectivity index is 3.53. The van der Waals surface area contributed by atoms with Crippen molar-refractivity contribution in [2.24, 2.45) is 0 Å². The Kier molecular flexibility index (Phi) is 3.65. The van der Waals surface area contributed by atoms with Gasteiger partial charge in [0.1, 0.15) is 0 Å². The molecule has 0 heterocycles. The second kappa shape index (κ2) is 4.04. The molecule has 0 aromatic heterocycles. The van der Waals surface area contributed by atoms with Gasteiger partial charge in [-0.15, -0.1) is 0 Å². The summed E-state index contributed by atoms with van der Waals surface area (Å²) in [6.45, 7) is 1.89. The number of hydrogen-bond donors (Lipinski definition) is 0. The van der Waals surface area contributed by atoms with Crippen molar-refractivity contribution < 1.29 is 8.42 Å². The summed E-state index contributed by atoms with van der Waals surface area (Å²) >= 11 is 5.24. The van der Waals surface area contributed by atoms with Crippen LogP contribution in [0.15, 0.2) is 21.5 Å². The third-order valence-corrected chi connectivity index (χ3v) is 6.12. The molecule has 0 aliphatic carbocycles. The van der Waals surface area contributed by atoms with Gasteiger partial charge in [0, 0.05) is 18.7 Å². The van der Waals surface area contributed by atoms with Crippen molar-refractivity contribution in [2.75, 3.05) is 0 Å². The van der Waals surface area contributed by atoms with Crippen LogP contribution in [0.2, 0.25) is 0 Å². The Labute approximate surface area is 103 Å². The highest BCUT2D eigenvalue weighted by molar-refractivity contribution is 14.1. The van der Waals surface area contributed by atoms with Crippen molar-refractivity contribution in [3.8, 4) is 0 Å². The normalized spacial score (nSPS) is 11.7. The van der Waals surface area contributed by atoms with Crippen molar-refractivity contribution in [3.05, 3.63) is 25.7 Å². The first-order chi connectivity index (χ1) is 5.84. The van der Waals surface area contributed by atoms with Crippen LogP contribution in [0, 0.1) is 10.5 Å².